The zero-order valence-corrected chi connectivity index (χ0v) is 24.8. The largest absolute Gasteiger partial charge is 0.497 e. The van der Waals surface area contributed by atoms with Crippen LogP contribution in [0.25, 0.3) is 0 Å². The minimum Gasteiger partial charge on any atom is -0.497 e. The van der Waals surface area contributed by atoms with Gasteiger partial charge in [0.25, 0.3) is 0 Å². The summed E-state index contributed by atoms with van der Waals surface area (Å²) in [6.07, 6.45) is 0. The summed E-state index contributed by atoms with van der Waals surface area (Å²) in [7, 11) is 3.12. The molecule has 12 heteroatoms. The molecule has 0 bridgehead atoms. The van der Waals surface area contributed by atoms with Gasteiger partial charge in [-0.2, -0.15) is 0 Å². The highest BCUT2D eigenvalue weighted by Crippen LogP contribution is 2.54. The first-order chi connectivity index (χ1) is 20.3. The predicted octanol–water partition coefficient (Wildman–Crippen LogP) is 5.01. The molecule has 0 aliphatic carbocycles. The summed E-state index contributed by atoms with van der Waals surface area (Å²) in [5.41, 5.74) is 1.75. The van der Waals surface area contributed by atoms with E-state index in [1.807, 2.05) is 12.1 Å². The van der Waals surface area contributed by atoms with Crippen LogP contribution in [-0.2, 0) is 20.9 Å². The Bertz CT molecular complexity index is 1730. The maximum atomic E-state index is 14.0. The molecule has 2 unspecified atom stereocenters. The van der Waals surface area contributed by atoms with Gasteiger partial charge in [0.2, 0.25) is 17.7 Å². The Morgan fingerprint density at radius 1 is 0.881 bits per heavy atom. The lowest BCUT2D eigenvalue weighted by atomic mass is 9.83. The molecule has 3 amide bonds. The van der Waals surface area contributed by atoms with E-state index in [0.717, 1.165) is 28.7 Å². The molecule has 42 heavy (non-hydrogen) atoms. The molecule has 1 aromatic heterocycles. The summed E-state index contributed by atoms with van der Waals surface area (Å²) in [5.74, 6) is -1.17. The summed E-state index contributed by atoms with van der Waals surface area (Å²) in [6.45, 7) is -0.251. The van der Waals surface area contributed by atoms with Gasteiger partial charge < -0.3 is 14.8 Å². The van der Waals surface area contributed by atoms with Crippen molar-refractivity contribution in [2.75, 3.05) is 24.4 Å². The van der Waals surface area contributed by atoms with Crippen LogP contribution in [0, 0.1) is 5.92 Å². The van der Waals surface area contributed by atoms with Crippen LogP contribution in [0.3, 0.4) is 0 Å². The van der Waals surface area contributed by atoms with Crippen molar-refractivity contribution in [1.82, 2.24) is 4.57 Å². The monoisotopic (exact) mass is 621 g/mol. The van der Waals surface area contributed by atoms with Gasteiger partial charge in [0.15, 0.2) is 0 Å². The number of thioether (sulfide) groups is 1. The normalized spacial score (nSPS) is 19.3. The molecule has 1 N–H and O–H groups in total. The number of carbonyl (C=O) groups excluding carboxylic acids is 3. The zero-order valence-electron chi connectivity index (χ0n) is 22.4. The van der Waals surface area contributed by atoms with Crippen molar-refractivity contribution >= 4 is 63.8 Å². The lowest BCUT2D eigenvalue weighted by Crippen LogP contribution is -2.33. The second-order valence-electron chi connectivity index (χ2n) is 9.70. The van der Waals surface area contributed by atoms with E-state index >= 15 is 0 Å². The molecule has 1 fully saturated rings. The number of aromatic nitrogens is 1. The number of imide groups is 1. The first-order valence-electron chi connectivity index (χ1n) is 12.9. The second-order valence-corrected chi connectivity index (χ2v) is 12.3. The summed E-state index contributed by atoms with van der Waals surface area (Å²) >= 11 is 8.21. The number of hydrogen-bond donors (Lipinski definition) is 1. The highest BCUT2D eigenvalue weighted by molar-refractivity contribution is 8.00. The van der Waals surface area contributed by atoms with Gasteiger partial charge in [-0.15, -0.1) is 0 Å². The van der Waals surface area contributed by atoms with Gasteiger partial charge in [-0.05, 0) is 66.2 Å². The molecule has 214 valence electrons. The molecule has 6 rings (SSSR count). The van der Waals surface area contributed by atoms with Crippen LogP contribution in [0.5, 0.6) is 11.5 Å². The highest BCUT2D eigenvalue weighted by Gasteiger charge is 2.56. The van der Waals surface area contributed by atoms with E-state index in [2.05, 4.69) is 5.32 Å². The molecule has 1 saturated heterocycles. The van der Waals surface area contributed by atoms with Crippen molar-refractivity contribution < 1.29 is 23.9 Å². The van der Waals surface area contributed by atoms with E-state index in [4.69, 9.17) is 21.1 Å². The van der Waals surface area contributed by atoms with Gasteiger partial charge in [0.1, 0.15) is 23.3 Å². The SMILES string of the molecule is COc1ccc(NC(=O)Cn2c3c(sc2=O)[C@H](c2ccc(OC)cc2)C2C(=O)N(c4ccc(Cl)cc4)C(=O)C2S3)cc1. The number of ether oxygens (including phenoxy) is 2. The molecule has 9 nitrogen and oxygen atoms in total. The number of hydrogen-bond acceptors (Lipinski definition) is 8. The van der Waals surface area contributed by atoms with Crippen molar-refractivity contribution in [2.45, 2.75) is 22.7 Å². The van der Waals surface area contributed by atoms with E-state index in [0.29, 0.717) is 37.8 Å². The van der Waals surface area contributed by atoms with E-state index in [1.54, 1.807) is 74.9 Å². The topological polar surface area (TPSA) is 107 Å². The summed E-state index contributed by atoms with van der Waals surface area (Å²) < 4.78 is 11.9. The van der Waals surface area contributed by atoms with Gasteiger partial charge in [-0.25, -0.2) is 4.90 Å². The average molecular weight is 622 g/mol. The molecule has 0 radical (unpaired) electrons. The molecule has 3 heterocycles. The lowest BCUT2D eigenvalue weighted by molar-refractivity contribution is -0.122. The summed E-state index contributed by atoms with van der Waals surface area (Å²) in [4.78, 5) is 55.6. The molecule has 0 spiro atoms. The smallest absolute Gasteiger partial charge is 0.308 e. The third kappa shape index (κ3) is 4.97. The minimum atomic E-state index is -0.794. The summed E-state index contributed by atoms with van der Waals surface area (Å²) in [6, 6.07) is 20.6. The van der Waals surface area contributed by atoms with Gasteiger partial charge in [-0.1, -0.05) is 46.8 Å². The highest BCUT2D eigenvalue weighted by atomic mass is 35.5. The Kier molecular flexibility index (Phi) is 7.56. The Balaban J connectivity index is 1.38. The van der Waals surface area contributed by atoms with Crippen molar-refractivity contribution in [1.29, 1.82) is 0 Å². The van der Waals surface area contributed by atoms with E-state index in [1.165, 1.54) is 9.47 Å². The number of nitrogens with one attached hydrogen (secondary N) is 1. The number of benzene rings is 3. The molecular weight excluding hydrogens is 598 g/mol. The van der Waals surface area contributed by atoms with E-state index in [-0.39, 0.29) is 23.2 Å². The number of rotatable bonds is 7. The summed E-state index contributed by atoms with van der Waals surface area (Å²) in [5, 5.41) is 3.01. The van der Waals surface area contributed by atoms with Crippen molar-refractivity contribution in [3.8, 4) is 11.5 Å². The first-order valence-corrected chi connectivity index (χ1v) is 15.0. The molecule has 0 saturated carbocycles. The number of methoxy groups -OCH3 is 2. The fourth-order valence-electron chi connectivity index (χ4n) is 5.29. The number of amides is 3. The van der Waals surface area contributed by atoms with E-state index < -0.39 is 23.0 Å². The number of carbonyl (C=O) groups is 3. The van der Waals surface area contributed by atoms with Gasteiger partial charge in [0, 0.05) is 21.5 Å². The van der Waals surface area contributed by atoms with Crippen molar-refractivity contribution in [2.24, 2.45) is 5.92 Å². The Labute approximate surface area is 254 Å². The van der Waals surface area contributed by atoms with Crippen LogP contribution >= 0.6 is 34.7 Å². The van der Waals surface area contributed by atoms with Crippen LogP contribution in [-0.4, -0.2) is 41.8 Å². The number of anilines is 2. The Morgan fingerprint density at radius 3 is 2.12 bits per heavy atom. The molecular formula is C30H24ClN3O6S2. The zero-order chi connectivity index (χ0) is 29.5. The molecule has 4 aromatic rings. The van der Waals surface area contributed by atoms with Crippen molar-refractivity contribution in [3.63, 3.8) is 0 Å². The van der Waals surface area contributed by atoms with Crippen LogP contribution in [0.15, 0.2) is 82.6 Å². The molecule has 2 aliphatic rings. The molecule has 3 atom stereocenters. The fourth-order valence-corrected chi connectivity index (χ4v) is 8.19. The van der Waals surface area contributed by atoms with E-state index in [9.17, 15) is 19.2 Å². The quantitative estimate of drug-likeness (QED) is 0.289. The number of halogens is 1. The Hall–Kier alpha value is -4.06. The van der Waals surface area contributed by atoms with Crippen LogP contribution in [0.4, 0.5) is 11.4 Å². The van der Waals surface area contributed by atoms with Gasteiger partial charge in [0.05, 0.1) is 30.9 Å². The number of nitrogens with zero attached hydrogens (tertiary/aromatic N) is 2. The maximum Gasteiger partial charge on any atom is 0.308 e. The van der Waals surface area contributed by atoms with Crippen LogP contribution in [0.1, 0.15) is 16.4 Å². The maximum absolute atomic E-state index is 14.0. The molecule has 2 aliphatic heterocycles. The third-order valence-corrected chi connectivity index (χ3v) is 10.1. The first kappa shape index (κ1) is 28.1. The van der Waals surface area contributed by atoms with Crippen LogP contribution < -0.4 is 24.6 Å². The van der Waals surface area contributed by atoms with Crippen LogP contribution in [0.2, 0.25) is 5.02 Å². The van der Waals surface area contributed by atoms with Gasteiger partial charge in [-0.3, -0.25) is 23.7 Å². The van der Waals surface area contributed by atoms with Gasteiger partial charge >= 0.3 is 4.87 Å². The molecule has 3 aromatic carbocycles. The average Bonchev–Trinajstić information content (AvgIpc) is 3.44. The number of fused-ring (bicyclic) bond motifs is 2. The fraction of sp³-hybridized carbons (Fsp3) is 0.200. The predicted molar refractivity (Wildman–Crippen MR) is 162 cm³/mol. The van der Waals surface area contributed by atoms with Crippen molar-refractivity contribution in [3.05, 3.63) is 97.9 Å². The second kappa shape index (κ2) is 11.3. The third-order valence-electron chi connectivity index (χ3n) is 7.28. The number of thiazole rings is 1. The Morgan fingerprint density at radius 2 is 1.50 bits per heavy atom. The standard InChI is InChI=1S/C30H24ClN3O6S2/c1-39-20-11-3-16(4-12-20)23-24-25(28(37)34(27(24)36)19-9-5-17(31)6-10-19)41-29-26(23)42-30(38)33(29)15-22(35)32-18-7-13-21(40-2)14-8-18/h3-14,23-25H,15H2,1-2H3,(H,32,35)/t23-,24?,25?/m1/s1. The minimum absolute atomic E-state index is 0.251. The lowest BCUT2D eigenvalue weighted by Gasteiger charge is -2.30.